The molecular formula is C6H5BrINO. The van der Waals surface area contributed by atoms with Crippen LogP contribution in [0.1, 0.15) is 0 Å². The molecule has 0 bridgehead atoms. The molecule has 0 aliphatic carbocycles. The third-order valence-electron chi connectivity index (χ3n) is 1.01. The first-order valence-corrected chi connectivity index (χ1v) is 4.46. The van der Waals surface area contributed by atoms with Gasteiger partial charge in [0.2, 0.25) is 0 Å². The van der Waals surface area contributed by atoms with Crippen molar-refractivity contribution in [2.24, 2.45) is 0 Å². The molecule has 0 aliphatic rings. The Labute approximate surface area is 81.3 Å². The fourth-order valence-electron chi connectivity index (χ4n) is 0.545. The van der Waals surface area contributed by atoms with Crippen molar-refractivity contribution in [1.29, 1.82) is 0 Å². The maximum Gasteiger partial charge on any atom is 0.151 e. The monoisotopic (exact) mass is 313 g/mol. The lowest BCUT2D eigenvalue weighted by atomic mass is 10.5. The van der Waals surface area contributed by atoms with Gasteiger partial charge in [0.05, 0.1) is 17.8 Å². The van der Waals surface area contributed by atoms with Crippen LogP contribution < -0.4 is 4.74 Å². The predicted octanol–water partition coefficient (Wildman–Crippen LogP) is 2.46. The van der Waals surface area contributed by atoms with Gasteiger partial charge in [0.1, 0.15) is 3.70 Å². The normalized spacial score (nSPS) is 9.50. The molecule has 0 N–H and O–H groups in total. The van der Waals surface area contributed by atoms with Gasteiger partial charge in [-0.15, -0.1) is 0 Å². The summed E-state index contributed by atoms with van der Waals surface area (Å²) in [6.07, 6.45) is 1.69. The van der Waals surface area contributed by atoms with E-state index in [-0.39, 0.29) is 0 Å². The summed E-state index contributed by atoms with van der Waals surface area (Å²) in [7, 11) is 1.62. The fourth-order valence-corrected chi connectivity index (χ4v) is 1.90. The van der Waals surface area contributed by atoms with E-state index in [1.54, 1.807) is 13.3 Å². The highest BCUT2D eigenvalue weighted by atomic mass is 127. The van der Waals surface area contributed by atoms with Gasteiger partial charge in [-0.1, -0.05) is 0 Å². The molecule has 0 aromatic carbocycles. The van der Waals surface area contributed by atoms with Crippen molar-refractivity contribution < 1.29 is 4.74 Å². The second kappa shape index (κ2) is 3.52. The molecule has 0 fully saturated rings. The number of pyridine rings is 1. The number of rotatable bonds is 1. The molecule has 0 radical (unpaired) electrons. The van der Waals surface area contributed by atoms with Gasteiger partial charge in [-0.05, 0) is 44.6 Å². The number of hydrogen-bond donors (Lipinski definition) is 0. The van der Waals surface area contributed by atoms with E-state index >= 15 is 0 Å². The van der Waals surface area contributed by atoms with Crippen LogP contribution in [0, 0.1) is 3.70 Å². The molecule has 1 heterocycles. The third kappa shape index (κ3) is 1.82. The van der Waals surface area contributed by atoms with Crippen LogP contribution in [0.25, 0.3) is 0 Å². The van der Waals surface area contributed by atoms with Gasteiger partial charge in [-0.3, -0.25) is 0 Å². The Morgan fingerprint density at radius 3 is 2.90 bits per heavy atom. The maximum absolute atomic E-state index is 4.99. The number of ether oxygens (including phenoxy) is 1. The van der Waals surface area contributed by atoms with Crippen molar-refractivity contribution in [3.8, 4) is 5.75 Å². The molecule has 4 heteroatoms. The summed E-state index contributed by atoms with van der Waals surface area (Å²) in [6, 6.07) is 1.90. The summed E-state index contributed by atoms with van der Waals surface area (Å²) in [5.41, 5.74) is 0. The molecule has 1 rings (SSSR count). The lowest BCUT2D eigenvalue weighted by Gasteiger charge is -2.00. The standard InChI is InChI=1S/C6H5BrINO/c1-10-5-3-9-6(8)2-4(5)7/h2-3H,1H3. The molecule has 2 nitrogen and oxygen atoms in total. The molecule has 0 amide bonds. The van der Waals surface area contributed by atoms with E-state index < -0.39 is 0 Å². The van der Waals surface area contributed by atoms with E-state index in [1.807, 2.05) is 6.07 Å². The SMILES string of the molecule is COc1cnc(I)cc1Br. The van der Waals surface area contributed by atoms with E-state index in [9.17, 15) is 0 Å². The zero-order valence-electron chi connectivity index (χ0n) is 5.27. The Morgan fingerprint density at radius 2 is 2.40 bits per heavy atom. The highest BCUT2D eigenvalue weighted by Crippen LogP contribution is 2.23. The van der Waals surface area contributed by atoms with Gasteiger partial charge >= 0.3 is 0 Å². The van der Waals surface area contributed by atoms with E-state index in [0.29, 0.717) is 0 Å². The minimum atomic E-state index is 0.764. The average Bonchev–Trinajstić information content (AvgIpc) is 1.88. The molecule has 0 saturated carbocycles. The van der Waals surface area contributed by atoms with Crippen LogP contribution in [0.3, 0.4) is 0 Å². The molecule has 1 aromatic heterocycles. The predicted molar refractivity (Wildman–Crippen MR) is 51.2 cm³/mol. The van der Waals surface area contributed by atoms with E-state index in [4.69, 9.17) is 4.74 Å². The number of nitrogens with zero attached hydrogens (tertiary/aromatic N) is 1. The molecule has 1 aromatic rings. The van der Waals surface area contributed by atoms with Crippen LogP contribution >= 0.6 is 38.5 Å². The van der Waals surface area contributed by atoms with Gasteiger partial charge in [0.25, 0.3) is 0 Å². The Balaban J connectivity index is 3.07. The van der Waals surface area contributed by atoms with Gasteiger partial charge < -0.3 is 4.74 Å². The van der Waals surface area contributed by atoms with Crippen LogP contribution in [0.15, 0.2) is 16.7 Å². The molecular weight excluding hydrogens is 309 g/mol. The lowest BCUT2D eigenvalue weighted by Crippen LogP contribution is -1.87. The second-order valence-electron chi connectivity index (χ2n) is 1.64. The first kappa shape index (κ1) is 8.26. The first-order chi connectivity index (χ1) is 4.74. The van der Waals surface area contributed by atoms with Crippen LogP contribution in [0.4, 0.5) is 0 Å². The molecule has 0 atom stereocenters. The zero-order valence-corrected chi connectivity index (χ0v) is 9.01. The molecule has 0 aliphatic heterocycles. The average molecular weight is 314 g/mol. The molecule has 54 valence electrons. The van der Waals surface area contributed by atoms with Crippen molar-refractivity contribution in [2.75, 3.05) is 7.11 Å². The number of aromatic nitrogens is 1. The fraction of sp³-hybridized carbons (Fsp3) is 0.167. The summed E-state index contributed by atoms with van der Waals surface area (Å²) >= 11 is 5.48. The number of hydrogen-bond acceptors (Lipinski definition) is 2. The molecule has 0 unspecified atom stereocenters. The Morgan fingerprint density at radius 1 is 1.70 bits per heavy atom. The lowest BCUT2D eigenvalue weighted by molar-refractivity contribution is 0.410. The highest BCUT2D eigenvalue weighted by Gasteiger charge is 1.98. The van der Waals surface area contributed by atoms with Gasteiger partial charge in [0, 0.05) is 0 Å². The first-order valence-electron chi connectivity index (χ1n) is 2.59. The zero-order chi connectivity index (χ0) is 7.56. The van der Waals surface area contributed by atoms with Crippen LogP contribution in [-0.2, 0) is 0 Å². The van der Waals surface area contributed by atoms with Gasteiger partial charge in [0.15, 0.2) is 5.75 Å². The molecule has 10 heavy (non-hydrogen) atoms. The van der Waals surface area contributed by atoms with Crippen molar-refractivity contribution in [3.63, 3.8) is 0 Å². The summed E-state index contributed by atoms with van der Waals surface area (Å²) in [4.78, 5) is 4.04. The quantitative estimate of drug-likeness (QED) is 0.587. The summed E-state index contributed by atoms with van der Waals surface area (Å²) in [5, 5.41) is 0. The summed E-state index contributed by atoms with van der Waals surface area (Å²) in [5.74, 6) is 0.764. The largest absolute Gasteiger partial charge is 0.494 e. The second-order valence-corrected chi connectivity index (χ2v) is 3.60. The Hall–Kier alpha value is 0.160. The van der Waals surface area contributed by atoms with Crippen molar-refractivity contribution in [2.45, 2.75) is 0 Å². The summed E-state index contributed by atoms with van der Waals surface area (Å²) < 4.78 is 6.88. The summed E-state index contributed by atoms with van der Waals surface area (Å²) in [6.45, 7) is 0. The smallest absolute Gasteiger partial charge is 0.151 e. The Bertz CT molecular complexity index is 241. The van der Waals surface area contributed by atoms with Crippen LogP contribution in [0.2, 0.25) is 0 Å². The van der Waals surface area contributed by atoms with Crippen molar-refractivity contribution in [3.05, 3.63) is 20.4 Å². The van der Waals surface area contributed by atoms with E-state index in [0.717, 1.165) is 13.9 Å². The van der Waals surface area contributed by atoms with Crippen LogP contribution in [0.5, 0.6) is 5.75 Å². The van der Waals surface area contributed by atoms with Crippen LogP contribution in [-0.4, -0.2) is 12.1 Å². The highest BCUT2D eigenvalue weighted by molar-refractivity contribution is 14.1. The van der Waals surface area contributed by atoms with E-state index in [2.05, 4.69) is 43.5 Å². The third-order valence-corrected chi connectivity index (χ3v) is 2.22. The maximum atomic E-state index is 4.99. The van der Waals surface area contributed by atoms with Gasteiger partial charge in [-0.25, -0.2) is 4.98 Å². The number of methoxy groups -OCH3 is 1. The van der Waals surface area contributed by atoms with Crippen molar-refractivity contribution in [1.82, 2.24) is 4.98 Å². The molecule has 0 saturated heterocycles. The van der Waals surface area contributed by atoms with E-state index in [1.165, 1.54) is 0 Å². The molecule has 0 spiro atoms. The number of halogens is 2. The Kier molecular flexibility index (Phi) is 2.91. The van der Waals surface area contributed by atoms with Crippen molar-refractivity contribution >= 4 is 38.5 Å². The minimum Gasteiger partial charge on any atom is -0.494 e. The van der Waals surface area contributed by atoms with Gasteiger partial charge in [-0.2, -0.15) is 0 Å². The minimum absolute atomic E-state index is 0.764. The topological polar surface area (TPSA) is 22.1 Å².